The molecule has 0 aliphatic carbocycles. The molecule has 0 spiro atoms. The van der Waals surface area contributed by atoms with E-state index in [0.717, 1.165) is 16.7 Å². The number of β-lactam (4-membered cyclic amide) rings is 1. The molecular formula is C26H24N2O3S. The summed E-state index contributed by atoms with van der Waals surface area (Å²) < 4.78 is 5.37. The van der Waals surface area contributed by atoms with Gasteiger partial charge < -0.3 is 4.74 Å². The molecule has 32 heavy (non-hydrogen) atoms. The molecule has 2 saturated heterocycles. The number of rotatable bonds is 6. The first-order chi connectivity index (χ1) is 15.6. The minimum atomic E-state index is -0.712. The van der Waals surface area contributed by atoms with Crippen LogP contribution in [-0.2, 0) is 19.9 Å². The molecule has 0 bridgehead atoms. The van der Waals surface area contributed by atoms with Crippen molar-refractivity contribution in [3.05, 3.63) is 108 Å². The lowest BCUT2D eigenvalue weighted by atomic mass is 9.76. The van der Waals surface area contributed by atoms with Crippen LogP contribution < -0.4 is 5.32 Å². The third kappa shape index (κ3) is 3.40. The van der Waals surface area contributed by atoms with E-state index < -0.39 is 17.8 Å². The average molecular weight is 445 g/mol. The first kappa shape index (κ1) is 20.8. The lowest BCUT2D eigenvalue weighted by Gasteiger charge is -2.49. The summed E-state index contributed by atoms with van der Waals surface area (Å²) >= 11 is 1.65. The molecule has 5 nitrogen and oxygen atoms in total. The Labute approximate surface area is 191 Å². The van der Waals surface area contributed by atoms with E-state index in [0.29, 0.717) is 5.75 Å². The number of fused-ring (bicyclic) bond motifs is 1. The van der Waals surface area contributed by atoms with Crippen LogP contribution in [0.25, 0.3) is 0 Å². The van der Waals surface area contributed by atoms with Crippen molar-refractivity contribution in [2.24, 2.45) is 0 Å². The van der Waals surface area contributed by atoms with E-state index in [1.54, 1.807) is 16.7 Å². The molecule has 0 aromatic heterocycles. The van der Waals surface area contributed by atoms with Crippen LogP contribution in [0, 0.1) is 0 Å². The Bertz CT molecular complexity index is 1010. The van der Waals surface area contributed by atoms with Crippen molar-refractivity contribution in [1.82, 2.24) is 10.2 Å². The predicted octanol–water partition coefficient (Wildman–Crippen LogP) is 3.74. The van der Waals surface area contributed by atoms with Gasteiger partial charge in [-0.05, 0) is 16.7 Å². The molecule has 1 N–H and O–H groups in total. The topological polar surface area (TPSA) is 58.6 Å². The number of hydrogen-bond donors (Lipinski definition) is 1. The van der Waals surface area contributed by atoms with Gasteiger partial charge in [0.2, 0.25) is 5.91 Å². The van der Waals surface area contributed by atoms with Crippen molar-refractivity contribution in [3.8, 4) is 0 Å². The van der Waals surface area contributed by atoms with Crippen molar-refractivity contribution in [1.29, 1.82) is 0 Å². The van der Waals surface area contributed by atoms with Crippen LogP contribution in [0.1, 0.15) is 23.6 Å². The van der Waals surface area contributed by atoms with Crippen LogP contribution in [0.5, 0.6) is 0 Å². The first-order valence-corrected chi connectivity index (χ1v) is 11.7. The first-order valence-electron chi connectivity index (χ1n) is 10.7. The normalized spacial score (nSPS) is 22.2. The van der Waals surface area contributed by atoms with E-state index in [2.05, 4.69) is 41.7 Å². The van der Waals surface area contributed by atoms with Crippen LogP contribution in [-0.4, -0.2) is 40.2 Å². The predicted molar refractivity (Wildman–Crippen MR) is 125 cm³/mol. The zero-order valence-electron chi connectivity index (χ0n) is 17.7. The zero-order valence-corrected chi connectivity index (χ0v) is 18.5. The maximum atomic E-state index is 13.3. The molecule has 3 aromatic carbocycles. The fourth-order valence-electron chi connectivity index (χ4n) is 4.69. The number of ether oxygens (including phenoxy) is 1. The van der Waals surface area contributed by atoms with E-state index in [4.69, 9.17) is 4.74 Å². The second kappa shape index (κ2) is 8.45. The molecular weight excluding hydrogens is 420 g/mol. The number of thioether (sulfide) groups is 1. The molecule has 6 heteroatoms. The minimum absolute atomic E-state index is 0.0431. The molecule has 3 aromatic rings. The summed E-state index contributed by atoms with van der Waals surface area (Å²) in [5.74, 6) is 0.175. The maximum Gasteiger partial charge on any atom is 0.304 e. The molecule has 2 fully saturated rings. The summed E-state index contributed by atoms with van der Waals surface area (Å²) in [6.07, 6.45) is -0.493. The van der Waals surface area contributed by atoms with Crippen molar-refractivity contribution in [2.45, 2.75) is 30.1 Å². The van der Waals surface area contributed by atoms with E-state index in [1.807, 2.05) is 54.6 Å². The summed E-state index contributed by atoms with van der Waals surface area (Å²) in [6, 6.07) is 30.3. The molecule has 3 atom stereocenters. The van der Waals surface area contributed by atoms with Crippen LogP contribution in [0.4, 0.5) is 0 Å². The Morgan fingerprint density at radius 2 is 1.38 bits per heavy atom. The second-order valence-electron chi connectivity index (χ2n) is 8.00. The number of esters is 1. The summed E-state index contributed by atoms with van der Waals surface area (Å²) in [6.45, 7) is 1.38. The Hall–Kier alpha value is -3.09. The molecule has 2 unspecified atom stereocenters. The van der Waals surface area contributed by atoms with Gasteiger partial charge in [0.25, 0.3) is 0 Å². The summed E-state index contributed by atoms with van der Waals surface area (Å²) in [5.41, 5.74) is 2.46. The molecule has 0 radical (unpaired) electrons. The number of carbonyl (C=O) groups excluding carboxylic acids is 2. The number of nitrogens with zero attached hydrogens (tertiary/aromatic N) is 1. The SMILES string of the molecule is CC(=O)OC1CS[C@@H]2C(NC(c3ccccc3)(c3ccccc3)c3ccccc3)C(=O)N12. The van der Waals surface area contributed by atoms with Crippen LogP contribution in [0.15, 0.2) is 91.0 Å². The van der Waals surface area contributed by atoms with Gasteiger partial charge in [0, 0.05) is 6.92 Å². The summed E-state index contributed by atoms with van der Waals surface area (Å²) in [7, 11) is 0. The number of amides is 1. The van der Waals surface area contributed by atoms with Gasteiger partial charge in [-0.15, -0.1) is 11.8 Å². The number of carbonyl (C=O) groups is 2. The summed E-state index contributed by atoms with van der Waals surface area (Å²) in [5, 5.41) is 3.68. The molecule has 2 aliphatic rings. The van der Waals surface area contributed by atoms with Crippen LogP contribution in [0.2, 0.25) is 0 Å². The number of nitrogens with one attached hydrogen (secondary N) is 1. The van der Waals surface area contributed by atoms with Gasteiger partial charge in [-0.3, -0.25) is 19.8 Å². The Morgan fingerprint density at radius 1 is 0.906 bits per heavy atom. The van der Waals surface area contributed by atoms with Gasteiger partial charge in [0.05, 0.1) is 11.3 Å². The van der Waals surface area contributed by atoms with E-state index in [9.17, 15) is 9.59 Å². The van der Waals surface area contributed by atoms with Crippen molar-refractivity contribution >= 4 is 23.6 Å². The van der Waals surface area contributed by atoms with E-state index in [-0.39, 0.29) is 17.3 Å². The second-order valence-corrected chi connectivity index (χ2v) is 9.15. The molecule has 2 heterocycles. The summed E-state index contributed by atoms with van der Waals surface area (Å²) in [4.78, 5) is 26.4. The third-order valence-electron chi connectivity index (χ3n) is 6.09. The lowest BCUT2D eigenvalue weighted by Crippen LogP contribution is -2.71. The highest BCUT2D eigenvalue weighted by molar-refractivity contribution is 8.00. The maximum absolute atomic E-state index is 13.3. The van der Waals surface area contributed by atoms with Gasteiger partial charge >= 0.3 is 5.97 Å². The quantitative estimate of drug-likeness (QED) is 0.357. The third-order valence-corrected chi connectivity index (χ3v) is 7.41. The largest absolute Gasteiger partial charge is 0.441 e. The number of benzene rings is 3. The van der Waals surface area contributed by atoms with Gasteiger partial charge in [-0.25, -0.2) is 0 Å². The van der Waals surface area contributed by atoms with Gasteiger partial charge in [-0.1, -0.05) is 91.0 Å². The molecule has 2 aliphatic heterocycles. The fourth-order valence-corrected chi connectivity index (χ4v) is 6.06. The highest BCUT2D eigenvalue weighted by Gasteiger charge is 2.58. The highest BCUT2D eigenvalue weighted by Crippen LogP contribution is 2.44. The van der Waals surface area contributed by atoms with Crippen molar-refractivity contribution in [2.75, 3.05) is 5.75 Å². The average Bonchev–Trinajstić information content (AvgIpc) is 3.20. The smallest absolute Gasteiger partial charge is 0.304 e. The fraction of sp³-hybridized carbons (Fsp3) is 0.231. The van der Waals surface area contributed by atoms with E-state index >= 15 is 0 Å². The lowest BCUT2D eigenvalue weighted by molar-refractivity contribution is -0.171. The van der Waals surface area contributed by atoms with Crippen LogP contribution in [0.3, 0.4) is 0 Å². The molecule has 1 amide bonds. The van der Waals surface area contributed by atoms with Crippen LogP contribution >= 0.6 is 11.8 Å². The van der Waals surface area contributed by atoms with E-state index in [1.165, 1.54) is 6.92 Å². The van der Waals surface area contributed by atoms with Gasteiger partial charge in [0.15, 0.2) is 6.23 Å². The van der Waals surface area contributed by atoms with Gasteiger partial charge in [0.1, 0.15) is 11.4 Å². The van der Waals surface area contributed by atoms with Crippen molar-refractivity contribution in [3.63, 3.8) is 0 Å². The standard InChI is InChI=1S/C26H24N2O3S/c1-18(29)31-22-17-32-25-23(24(30)28(22)25)27-26(19-11-5-2-6-12-19,20-13-7-3-8-14-20)21-15-9-4-10-16-21/h2-16,22-23,25,27H,17H2,1H3/t22?,23?,25-/m1/s1. The highest BCUT2D eigenvalue weighted by atomic mass is 32.2. The van der Waals surface area contributed by atoms with Gasteiger partial charge in [-0.2, -0.15) is 0 Å². The Kier molecular flexibility index (Phi) is 5.49. The molecule has 162 valence electrons. The Balaban J connectivity index is 1.59. The minimum Gasteiger partial charge on any atom is -0.441 e. The molecule has 5 rings (SSSR count). The zero-order chi connectivity index (χ0) is 22.1. The van der Waals surface area contributed by atoms with Crippen molar-refractivity contribution < 1.29 is 14.3 Å². The molecule has 0 saturated carbocycles. The monoisotopic (exact) mass is 444 g/mol. The Morgan fingerprint density at radius 3 is 1.81 bits per heavy atom. The number of hydrogen-bond acceptors (Lipinski definition) is 5.